The van der Waals surface area contributed by atoms with E-state index in [0.29, 0.717) is 0 Å². The molecular formula is C16H26N2O. The van der Waals surface area contributed by atoms with E-state index in [2.05, 4.69) is 42.8 Å². The van der Waals surface area contributed by atoms with E-state index in [-0.39, 0.29) is 17.6 Å². The lowest BCUT2D eigenvalue weighted by Gasteiger charge is -2.36. The molecule has 2 rings (SSSR count). The molecule has 0 amide bonds. The average Bonchev–Trinajstić information content (AvgIpc) is 2.38. The van der Waals surface area contributed by atoms with Gasteiger partial charge in [-0.25, -0.2) is 4.98 Å². The fourth-order valence-electron chi connectivity index (χ4n) is 2.75. The summed E-state index contributed by atoms with van der Waals surface area (Å²) in [7, 11) is 2.04. The van der Waals surface area contributed by atoms with E-state index in [1.165, 1.54) is 12.0 Å². The van der Waals surface area contributed by atoms with Crippen molar-refractivity contribution in [2.24, 2.45) is 0 Å². The van der Waals surface area contributed by atoms with Crippen LogP contribution in [0.2, 0.25) is 0 Å². The first-order chi connectivity index (χ1) is 8.89. The number of anilines is 1. The van der Waals surface area contributed by atoms with Gasteiger partial charge < -0.3 is 10.0 Å². The Hall–Kier alpha value is -1.09. The molecule has 0 aromatic carbocycles. The van der Waals surface area contributed by atoms with Gasteiger partial charge in [0.25, 0.3) is 0 Å². The van der Waals surface area contributed by atoms with Crippen LogP contribution >= 0.6 is 0 Å². The van der Waals surface area contributed by atoms with Gasteiger partial charge in [0.1, 0.15) is 5.82 Å². The molecule has 1 aromatic heterocycles. The first-order valence-corrected chi connectivity index (χ1v) is 7.27. The third-order valence-electron chi connectivity index (χ3n) is 4.17. The SMILES string of the molecule is CN(c1ccc(C(C)(C)C)cn1)C1CCCCC1O. The summed E-state index contributed by atoms with van der Waals surface area (Å²) >= 11 is 0. The van der Waals surface area contributed by atoms with E-state index in [0.717, 1.165) is 25.1 Å². The molecule has 1 N–H and O–H groups in total. The quantitative estimate of drug-likeness (QED) is 0.889. The molecule has 0 saturated heterocycles. The molecule has 0 bridgehead atoms. The standard InChI is InChI=1S/C16H26N2O/c1-16(2,3)12-9-10-15(17-11-12)18(4)13-7-5-6-8-14(13)19/h9-11,13-14,19H,5-8H2,1-4H3. The lowest BCUT2D eigenvalue weighted by molar-refractivity contribution is 0.106. The Morgan fingerprint density at radius 3 is 2.42 bits per heavy atom. The van der Waals surface area contributed by atoms with E-state index >= 15 is 0 Å². The predicted molar refractivity (Wildman–Crippen MR) is 79.6 cm³/mol. The first kappa shape index (κ1) is 14.3. The highest BCUT2D eigenvalue weighted by Gasteiger charge is 2.27. The summed E-state index contributed by atoms with van der Waals surface area (Å²) in [5, 5.41) is 10.1. The van der Waals surface area contributed by atoms with Gasteiger partial charge in [-0.1, -0.05) is 39.7 Å². The zero-order valence-electron chi connectivity index (χ0n) is 12.6. The normalized spacial score (nSPS) is 24.3. The molecule has 1 saturated carbocycles. The van der Waals surface area contributed by atoms with Crippen LogP contribution in [0.4, 0.5) is 5.82 Å². The number of nitrogens with zero attached hydrogens (tertiary/aromatic N) is 2. The molecule has 1 aliphatic carbocycles. The highest BCUT2D eigenvalue weighted by atomic mass is 16.3. The van der Waals surface area contributed by atoms with Gasteiger partial charge in [0.05, 0.1) is 12.1 Å². The monoisotopic (exact) mass is 262 g/mol. The number of aliphatic hydroxyl groups is 1. The van der Waals surface area contributed by atoms with Gasteiger partial charge >= 0.3 is 0 Å². The minimum Gasteiger partial charge on any atom is -0.391 e. The molecule has 1 aromatic rings. The summed E-state index contributed by atoms with van der Waals surface area (Å²) in [6.07, 6.45) is 6.05. The zero-order chi connectivity index (χ0) is 14.0. The number of aromatic nitrogens is 1. The summed E-state index contributed by atoms with van der Waals surface area (Å²) < 4.78 is 0. The van der Waals surface area contributed by atoms with Crippen LogP contribution in [-0.2, 0) is 5.41 Å². The van der Waals surface area contributed by atoms with E-state index in [9.17, 15) is 5.11 Å². The van der Waals surface area contributed by atoms with Gasteiger partial charge in [-0.2, -0.15) is 0 Å². The van der Waals surface area contributed by atoms with Gasteiger partial charge in [-0.3, -0.25) is 0 Å². The van der Waals surface area contributed by atoms with Crippen molar-refractivity contribution in [3.63, 3.8) is 0 Å². The number of aliphatic hydroxyl groups excluding tert-OH is 1. The van der Waals surface area contributed by atoms with Crippen LogP contribution < -0.4 is 4.90 Å². The molecule has 3 heteroatoms. The average molecular weight is 262 g/mol. The first-order valence-electron chi connectivity index (χ1n) is 7.27. The van der Waals surface area contributed by atoms with E-state index in [1.54, 1.807) is 0 Å². The highest BCUT2D eigenvalue weighted by Crippen LogP contribution is 2.27. The summed E-state index contributed by atoms with van der Waals surface area (Å²) in [5.74, 6) is 0.957. The Kier molecular flexibility index (Phi) is 4.14. The number of rotatable bonds is 2. The fraction of sp³-hybridized carbons (Fsp3) is 0.688. The summed E-state index contributed by atoms with van der Waals surface area (Å²) in [6, 6.07) is 4.43. The molecule has 106 valence electrons. The molecule has 0 aliphatic heterocycles. The summed E-state index contributed by atoms with van der Waals surface area (Å²) in [5.41, 5.74) is 1.38. The molecule has 1 fully saturated rings. The van der Waals surface area contributed by atoms with Gasteiger partial charge in [-0.15, -0.1) is 0 Å². The molecule has 1 heterocycles. The van der Waals surface area contributed by atoms with Crippen LogP contribution in [-0.4, -0.2) is 29.3 Å². The maximum atomic E-state index is 10.1. The second kappa shape index (κ2) is 5.49. The maximum absolute atomic E-state index is 10.1. The van der Waals surface area contributed by atoms with Crippen molar-refractivity contribution in [2.45, 2.75) is 64.0 Å². The van der Waals surface area contributed by atoms with Crippen LogP contribution in [0, 0.1) is 0 Å². The van der Waals surface area contributed by atoms with Crippen LogP contribution in [0.5, 0.6) is 0 Å². The van der Waals surface area contributed by atoms with E-state index in [4.69, 9.17) is 0 Å². The molecule has 2 atom stereocenters. The van der Waals surface area contributed by atoms with Crippen LogP contribution in [0.1, 0.15) is 52.0 Å². The number of hydrogen-bond donors (Lipinski definition) is 1. The molecule has 0 spiro atoms. The van der Waals surface area contributed by atoms with Crippen LogP contribution in [0.3, 0.4) is 0 Å². The van der Waals surface area contributed by atoms with Gasteiger partial charge in [0.2, 0.25) is 0 Å². The Morgan fingerprint density at radius 1 is 1.21 bits per heavy atom. The second-order valence-electron chi connectivity index (χ2n) is 6.69. The van der Waals surface area contributed by atoms with Crippen molar-refractivity contribution in [3.8, 4) is 0 Å². The summed E-state index contributed by atoms with van der Waals surface area (Å²) in [4.78, 5) is 6.70. The van der Waals surface area contributed by atoms with Crippen molar-refractivity contribution in [2.75, 3.05) is 11.9 Å². The third kappa shape index (κ3) is 3.27. The fourth-order valence-corrected chi connectivity index (χ4v) is 2.75. The van der Waals surface area contributed by atoms with Crippen LogP contribution in [0.15, 0.2) is 18.3 Å². The Bertz CT molecular complexity index is 408. The number of pyridine rings is 1. The highest BCUT2D eigenvalue weighted by molar-refractivity contribution is 5.41. The molecule has 2 unspecified atom stereocenters. The van der Waals surface area contributed by atoms with Crippen molar-refractivity contribution in [1.82, 2.24) is 4.98 Å². The van der Waals surface area contributed by atoms with Gasteiger partial charge in [0.15, 0.2) is 0 Å². The molecular weight excluding hydrogens is 236 g/mol. The van der Waals surface area contributed by atoms with Crippen molar-refractivity contribution in [3.05, 3.63) is 23.9 Å². The van der Waals surface area contributed by atoms with Gasteiger partial charge in [0, 0.05) is 13.2 Å². The molecule has 19 heavy (non-hydrogen) atoms. The van der Waals surface area contributed by atoms with Crippen LogP contribution in [0.25, 0.3) is 0 Å². The minimum absolute atomic E-state index is 0.133. The van der Waals surface area contributed by atoms with Gasteiger partial charge in [-0.05, 0) is 29.9 Å². The molecule has 0 radical (unpaired) electrons. The molecule has 1 aliphatic rings. The topological polar surface area (TPSA) is 36.4 Å². The van der Waals surface area contributed by atoms with Crippen molar-refractivity contribution >= 4 is 5.82 Å². The number of likely N-dealkylation sites (N-methyl/N-ethyl adjacent to an activating group) is 1. The largest absolute Gasteiger partial charge is 0.391 e. The lowest BCUT2D eigenvalue weighted by Crippen LogP contribution is -2.43. The Balaban J connectivity index is 2.13. The van der Waals surface area contributed by atoms with Crippen molar-refractivity contribution in [1.29, 1.82) is 0 Å². The zero-order valence-corrected chi connectivity index (χ0v) is 12.6. The maximum Gasteiger partial charge on any atom is 0.128 e. The predicted octanol–water partition coefficient (Wildman–Crippen LogP) is 3.12. The van der Waals surface area contributed by atoms with Crippen molar-refractivity contribution < 1.29 is 5.11 Å². The minimum atomic E-state index is -0.220. The summed E-state index contributed by atoms with van der Waals surface area (Å²) in [6.45, 7) is 6.58. The Labute approximate surface area is 116 Å². The molecule has 3 nitrogen and oxygen atoms in total. The number of hydrogen-bond acceptors (Lipinski definition) is 3. The third-order valence-corrected chi connectivity index (χ3v) is 4.17. The lowest BCUT2D eigenvalue weighted by atomic mass is 9.88. The smallest absolute Gasteiger partial charge is 0.128 e. The Morgan fingerprint density at radius 2 is 1.89 bits per heavy atom. The second-order valence-corrected chi connectivity index (χ2v) is 6.69. The van der Waals surface area contributed by atoms with E-state index < -0.39 is 0 Å². The van der Waals surface area contributed by atoms with E-state index in [1.807, 2.05) is 13.2 Å².